The summed E-state index contributed by atoms with van der Waals surface area (Å²) in [5.41, 5.74) is 3.05. The summed E-state index contributed by atoms with van der Waals surface area (Å²) in [5, 5.41) is 23.0. The first kappa shape index (κ1) is 43.3. The second-order valence-electron chi connectivity index (χ2n) is 16.7. The summed E-state index contributed by atoms with van der Waals surface area (Å²) in [5.74, 6) is -0.446. The second-order valence-corrected chi connectivity index (χ2v) is 17.5. The van der Waals surface area contributed by atoms with E-state index in [1.54, 1.807) is 24.5 Å². The molecule has 8 atom stereocenters. The summed E-state index contributed by atoms with van der Waals surface area (Å²) in [6.07, 6.45) is 7.16. The fourth-order valence-electron chi connectivity index (χ4n) is 8.71. The lowest BCUT2D eigenvalue weighted by molar-refractivity contribution is -0.199. The molecule has 4 aliphatic heterocycles. The molecule has 0 amide bonds. The predicted octanol–water partition coefficient (Wildman–Crippen LogP) is 7.56. The molecule has 0 aliphatic carbocycles. The lowest BCUT2D eigenvalue weighted by Gasteiger charge is -2.25. The number of phenols is 1. The molecule has 2 N–H and O–H groups in total. The normalized spacial score (nSPS) is 26.1. The van der Waals surface area contributed by atoms with Gasteiger partial charge in [-0.2, -0.15) is 0 Å². The summed E-state index contributed by atoms with van der Waals surface area (Å²) < 4.78 is 46.4. The highest BCUT2D eigenvalue weighted by Crippen LogP contribution is 2.46. The van der Waals surface area contributed by atoms with Gasteiger partial charge >= 0.3 is 0 Å². The Kier molecular flexibility index (Phi) is 11.5. The number of aromatic hydroxyl groups is 1. The van der Waals surface area contributed by atoms with Gasteiger partial charge in [0.25, 0.3) is 0 Å². The number of rotatable bonds is 6. The Balaban J connectivity index is 0.000000129. The van der Waals surface area contributed by atoms with Crippen molar-refractivity contribution >= 4 is 67.1 Å². The number of aliphatic hydroxyl groups is 1. The molecule has 0 spiro atoms. The first-order valence-corrected chi connectivity index (χ1v) is 21.7. The van der Waals surface area contributed by atoms with Crippen molar-refractivity contribution in [3.8, 4) is 11.5 Å². The molecule has 12 rings (SSSR count). The third-order valence-electron chi connectivity index (χ3n) is 11.5. The van der Waals surface area contributed by atoms with E-state index in [1.807, 2.05) is 110 Å². The first-order valence-electron chi connectivity index (χ1n) is 20.9. The molecular weight excluding hydrogens is 879 g/mol. The molecule has 8 aromatic rings. The van der Waals surface area contributed by atoms with E-state index in [2.05, 4.69) is 29.9 Å². The summed E-state index contributed by atoms with van der Waals surface area (Å²) >= 11 is 12.3. The van der Waals surface area contributed by atoms with E-state index in [1.165, 1.54) is 12.7 Å². The molecule has 10 heterocycles. The third kappa shape index (κ3) is 8.55. The smallest absolute Gasteiger partial charge is 0.164 e. The van der Waals surface area contributed by atoms with Crippen molar-refractivity contribution in [3.05, 3.63) is 121 Å². The average molecular weight is 924 g/mol. The van der Waals surface area contributed by atoms with Gasteiger partial charge in [-0.15, -0.1) is 0 Å². The van der Waals surface area contributed by atoms with Crippen LogP contribution in [0.1, 0.15) is 40.2 Å². The summed E-state index contributed by atoms with van der Waals surface area (Å²) in [4.78, 5) is 25.2. The van der Waals surface area contributed by atoms with E-state index in [0.29, 0.717) is 28.2 Å². The van der Waals surface area contributed by atoms with Crippen LogP contribution in [0.2, 0.25) is 10.3 Å². The van der Waals surface area contributed by atoms with Gasteiger partial charge in [-0.3, -0.25) is 9.97 Å². The highest BCUT2D eigenvalue weighted by molar-refractivity contribution is 6.34. The quantitative estimate of drug-likeness (QED) is 0.155. The van der Waals surface area contributed by atoms with Crippen molar-refractivity contribution in [1.29, 1.82) is 0 Å². The minimum atomic E-state index is -0.724. The number of halogens is 2. The predicted molar refractivity (Wildman–Crippen MR) is 238 cm³/mol. The molecule has 4 saturated heterocycles. The van der Waals surface area contributed by atoms with Gasteiger partial charge in [0.15, 0.2) is 24.0 Å². The Bertz CT molecular complexity index is 3010. The van der Waals surface area contributed by atoms with Crippen molar-refractivity contribution in [2.75, 3.05) is 13.2 Å². The van der Waals surface area contributed by atoms with Crippen LogP contribution in [-0.4, -0.2) is 111 Å². The molecule has 336 valence electrons. The van der Waals surface area contributed by atoms with Crippen LogP contribution in [0.5, 0.6) is 11.5 Å². The zero-order valence-electron chi connectivity index (χ0n) is 35.5. The lowest BCUT2D eigenvalue weighted by Crippen LogP contribution is -2.33. The van der Waals surface area contributed by atoms with Crippen LogP contribution in [0.4, 0.5) is 0 Å². The van der Waals surface area contributed by atoms with E-state index in [4.69, 9.17) is 61.5 Å². The number of hydrogen-bond acceptors (Lipinski definition) is 15. The van der Waals surface area contributed by atoms with E-state index in [-0.39, 0.29) is 42.9 Å². The molecular formula is C46H44Cl2N8O9. The highest BCUT2D eigenvalue weighted by Gasteiger charge is 2.57. The van der Waals surface area contributed by atoms with Crippen molar-refractivity contribution in [3.63, 3.8) is 0 Å². The van der Waals surface area contributed by atoms with E-state index in [9.17, 15) is 5.11 Å². The largest absolute Gasteiger partial charge is 0.508 e. The maximum atomic E-state index is 9.54. The average Bonchev–Trinajstić information content (AvgIpc) is 4.15. The Morgan fingerprint density at radius 1 is 0.615 bits per heavy atom. The number of benzene rings is 2. The monoisotopic (exact) mass is 922 g/mol. The van der Waals surface area contributed by atoms with E-state index < -0.39 is 30.1 Å². The number of hydrogen-bond donors (Lipinski definition) is 2. The Labute approximate surface area is 381 Å². The summed E-state index contributed by atoms with van der Waals surface area (Å²) in [6, 6.07) is 22.5. The minimum Gasteiger partial charge on any atom is -0.508 e. The fraction of sp³-hybridized carbons (Fsp3) is 0.348. The second kappa shape index (κ2) is 17.3. The fourth-order valence-corrected chi connectivity index (χ4v) is 9.09. The van der Waals surface area contributed by atoms with Crippen LogP contribution in [0.15, 0.2) is 110 Å². The number of pyridine rings is 2. The van der Waals surface area contributed by atoms with Crippen LogP contribution >= 0.6 is 23.2 Å². The molecule has 0 radical (unpaired) electrons. The van der Waals surface area contributed by atoms with Crippen LogP contribution in [-0.2, 0) is 28.4 Å². The van der Waals surface area contributed by atoms with Gasteiger partial charge < -0.3 is 52.5 Å². The molecule has 0 unspecified atom stereocenters. The van der Waals surface area contributed by atoms with E-state index >= 15 is 0 Å². The molecule has 19 heteroatoms. The number of fused-ring (bicyclic) bond motifs is 6. The Morgan fingerprint density at radius 2 is 1.12 bits per heavy atom. The third-order valence-corrected chi connectivity index (χ3v) is 12.1. The molecule has 4 aliphatic rings. The minimum absolute atomic E-state index is 0.133. The number of aliphatic hydroxyl groups excluding tert-OH is 1. The van der Waals surface area contributed by atoms with Gasteiger partial charge in [0.05, 0.1) is 28.4 Å². The molecule has 0 saturated carbocycles. The maximum Gasteiger partial charge on any atom is 0.164 e. The van der Waals surface area contributed by atoms with Gasteiger partial charge in [-0.25, -0.2) is 19.9 Å². The van der Waals surface area contributed by atoms with Gasteiger partial charge in [-0.05, 0) is 76.2 Å². The molecule has 2 aromatic carbocycles. The van der Waals surface area contributed by atoms with Crippen molar-refractivity contribution in [2.24, 2.45) is 0 Å². The molecule has 17 nitrogen and oxygen atoms in total. The lowest BCUT2D eigenvalue weighted by atomic mass is 10.1. The zero-order valence-corrected chi connectivity index (χ0v) is 37.0. The van der Waals surface area contributed by atoms with Gasteiger partial charge in [0.2, 0.25) is 0 Å². The van der Waals surface area contributed by atoms with Gasteiger partial charge in [0.1, 0.15) is 89.0 Å². The zero-order chi connectivity index (χ0) is 45.0. The van der Waals surface area contributed by atoms with Gasteiger partial charge in [-0.1, -0.05) is 35.3 Å². The maximum absolute atomic E-state index is 9.54. The number of ether oxygens (including phenoxy) is 7. The highest BCUT2D eigenvalue weighted by atomic mass is 35.5. The SMILES string of the molecule is CC1(C)O[C@@H]2[C@H](O1)[C@@H](CO)O[C@H]2n1ccc2c(Cl)ncnc21.CC1(C)O[C@@H]2[C@H](O1)[C@@H](COc1ccc3cccnc3c1)O[C@H]2n1ccc2c(Cl)ncnc21.Oc1ccc2cccnc2c1. The first-order chi connectivity index (χ1) is 31.3. The van der Waals surface area contributed by atoms with Crippen LogP contribution in [0, 0.1) is 0 Å². The standard InChI is InChI=1S/C23H21ClN4O4.C14H16ClN3O4.C9H7NO/c1-23(2)31-18-17(11-29-14-6-5-13-4-3-8-25-16(13)10-14)30-22(19(18)32-23)28-9-7-15-20(24)26-12-27-21(15)28;1-14(2)21-9-8(5-19)20-13(10(9)22-14)18-4-3-7-11(15)16-6-17-12(7)18;11-8-4-3-7-2-1-5-10-9(7)6-8/h3-10,12,17-19,22H,11H2,1-2H3;3-4,6,8-10,13,19H,5H2,1-2H3;1-6,11H/t17-,18-,19-,22-;8-,9-,10-,13-;/m11./s1. The van der Waals surface area contributed by atoms with Crippen molar-refractivity contribution in [2.45, 2.75) is 88.3 Å². The topological polar surface area (TPSA) is 192 Å². The number of aromatic nitrogens is 8. The number of phenolic OH excluding ortho intramolecular Hbond substituents is 1. The van der Waals surface area contributed by atoms with Gasteiger partial charge in [0, 0.05) is 47.7 Å². The number of nitrogens with zero attached hydrogens (tertiary/aromatic N) is 8. The molecule has 65 heavy (non-hydrogen) atoms. The summed E-state index contributed by atoms with van der Waals surface area (Å²) in [7, 11) is 0. The van der Waals surface area contributed by atoms with Crippen LogP contribution in [0.3, 0.4) is 0 Å². The molecule has 6 aromatic heterocycles. The van der Waals surface area contributed by atoms with Crippen molar-refractivity contribution < 1.29 is 43.4 Å². The molecule has 4 fully saturated rings. The molecule has 0 bridgehead atoms. The van der Waals surface area contributed by atoms with Crippen LogP contribution in [0.25, 0.3) is 43.9 Å². The van der Waals surface area contributed by atoms with E-state index in [0.717, 1.165) is 38.3 Å². The van der Waals surface area contributed by atoms with Crippen LogP contribution < -0.4 is 4.74 Å². The Hall–Kier alpha value is -5.60. The Morgan fingerprint density at radius 3 is 1.69 bits per heavy atom. The van der Waals surface area contributed by atoms with Crippen molar-refractivity contribution in [1.82, 2.24) is 39.0 Å². The summed E-state index contributed by atoms with van der Waals surface area (Å²) in [6.45, 7) is 7.69.